The third kappa shape index (κ3) is 4.89. The summed E-state index contributed by atoms with van der Waals surface area (Å²) in [5.41, 5.74) is 1.50. The van der Waals surface area contributed by atoms with Crippen LogP contribution >= 0.6 is 0 Å². The lowest BCUT2D eigenvalue weighted by atomic mass is 10.1. The summed E-state index contributed by atoms with van der Waals surface area (Å²) in [5.74, 6) is 0.991. The monoisotopic (exact) mass is 357 g/mol. The molecule has 1 aliphatic heterocycles. The number of hydrogen-bond acceptors (Lipinski definition) is 5. The minimum atomic E-state index is -0.839. The Hall–Kier alpha value is -3.22. The maximum absolute atomic E-state index is 12.2. The summed E-state index contributed by atoms with van der Waals surface area (Å²) in [4.78, 5) is 22.6. The summed E-state index contributed by atoms with van der Waals surface area (Å²) < 4.78 is 16.0. The SMILES string of the molecule is O=C(O)CCCOc1ccc(NC(=O)Cc2ccc3c(c2)OCO3)cc1. The van der Waals surface area contributed by atoms with Gasteiger partial charge in [0, 0.05) is 12.1 Å². The zero-order valence-corrected chi connectivity index (χ0v) is 14.1. The summed E-state index contributed by atoms with van der Waals surface area (Å²) >= 11 is 0. The first-order valence-electron chi connectivity index (χ1n) is 8.23. The number of ether oxygens (including phenoxy) is 3. The van der Waals surface area contributed by atoms with Crippen molar-refractivity contribution in [2.45, 2.75) is 19.3 Å². The lowest BCUT2D eigenvalue weighted by Crippen LogP contribution is -2.14. The molecule has 2 aromatic carbocycles. The third-order valence-corrected chi connectivity index (χ3v) is 3.74. The summed E-state index contributed by atoms with van der Waals surface area (Å²) in [6.07, 6.45) is 0.751. The van der Waals surface area contributed by atoms with Crippen molar-refractivity contribution in [3.8, 4) is 17.2 Å². The number of aliphatic carboxylic acids is 1. The van der Waals surface area contributed by atoms with Crippen LogP contribution in [0.15, 0.2) is 42.5 Å². The van der Waals surface area contributed by atoms with Crippen molar-refractivity contribution in [3.05, 3.63) is 48.0 Å². The van der Waals surface area contributed by atoms with Crippen LogP contribution < -0.4 is 19.5 Å². The Bertz CT molecular complexity index is 787. The van der Waals surface area contributed by atoms with Crippen molar-refractivity contribution in [3.63, 3.8) is 0 Å². The molecule has 0 saturated heterocycles. The molecular weight excluding hydrogens is 338 g/mol. The highest BCUT2D eigenvalue weighted by atomic mass is 16.7. The number of carboxylic acids is 1. The van der Waals surface area contributed by atoms with Crippen LogP contribution in [0.1, 0.15) is 18.4 Å². The van der Waals surface area contributed by atoms with Crippen molar-refractivity contribution in [1.82, 2.24) is 0 Å². The molecule has 1 aliphatic rings. The van der Waals surface area contributed by atoms with Crippen LogP contribution in [-0.4, -0.2) is 30.4 Å². The molecule has 1 heterocycles. The Kier molecular flexibility index (Phi) is 5.58. The molecule has 0 atom stereocenters. The molecule has 136 valence electrons. The van der Waals surface area contributed by atoms with E-state index >= 15 is 0 Å². The predicted octanol–water partition coefficient (Wildman–Crippen LogP) is 2.84. The van der Waals surface area contributed by atoms with Gasteiger partial charge in [-0.1, -0.05) is 6.07 Å². The molecular formula is C19H19NO6. The van der Waals surface area contributed by atoms with Gasteiger partial charge in [0.15, 0.2) is 11.5 Å². The van der Waals surface area contributed by atoms with Crippen LogP contribution in [0.3, 0.4) is 0 Å². The predicted molar refractivity (Wildman–Crippen MR) is 93.7 cm³/mol. The van der Waals surface area contributed by atoms with E-state index in [9.17, 15) is 9.59 Å². The zero-order chi connectivity index (χ0) is 18.4. The molecule has 3 rings (SSSR count). The van der Waals surface area contributed by atoms with E-state index in [1.54, 1.807) is 36.4 Å². The van der Waals surface area contributed by atoms with E-state index in [0.717, 1.165) is 5.56 Å². The van der Waals surface area contributed by atoms with Crippen LogP contribution in [0, 0.1) is 0 Å². The summed E-state index contributed by atoms with van der Waals surface area (Å²) in [5, 5.41) is 11.4. The lowest BCUT2D eigenvalue weighted by Gasteiger charge is -2.08. The molecule has 7 nitrogen and oxygen atoms in total. The summed E-state index contributed by atoms with van der Waals surface area (Å²) in [7, 11) is 0. The van der Waals surface area contributed by atoms with Gasteiger partial charge in [-0.05, 0) is 48.4 Å². The van der Waals surface area contributed by atoms with E-state index in [1.807, 2.05) is 6.07 Å². The first kappa shape index (κ1) is 17.6. The van der Waals surface area contributed by atoms with Crippen LogP contribution in [0.4, 0.5) is 5.69 Å². The standard InChI is InChI=1S/C19H19NO6/c21-18(11-13-3-8-16-17(10-13)26-12-25-16)20-14-4-6-15(7-5-14)24-9-1-2-19(22)23/h3-8,10H,1-2,9,11-12H2,(H,20,21)(H,22,23). The second-order valence-electron chi connectivity index (χ2n) is 5.78. The number of nitrogens with one attached hydrogen (secondary N) is 1. The van der Waals surface area contributed by atoms with Crippen molar-refractivity contribution in [2.24, 2.45) is 0 Å². The van der Waals surface area contributed by atoms with Gasteiger partial charge in [0.2, 0.25) is 12.7 Å². The molecule has 0 radical (unpaired) electrons. The molecule has 0 spiro atoms. The van der Waals surface area contributed by atoms with Gasteiger partial charge >= 0.3 is 5.97 Å². The van der Waals surface area contributed by atoms with Gasteiger partial charge in [-0.3, -0.25) is 9.59 Å². The molecule has 26 heavy (non-hydrogen) atoms. The number of benzene rings is 2. The molecule has 0 aromatic heterocycles. The minimum absolute atomic E-state index is 0.0774. The smallest absolute Gasteiger partial charge is 0.303 e. The fourth-order valence-electron chi connectivity index (χ4n) is 2.49. The van der Waals surface area contributed by atoms with Crippen molar-refractivity contribution in [2.75, 3.05) is 18.7 Å². The van der Waals surface area contributed by atoms with Gasteiger partial charge in [0.1, 0.15) is 5.75 Å². The molecule has 2 N–H and O–H groups in total. The highest BCUT2D eigenvalue weighted by molar-refractivity contribution is 5.92. The quantitative estimate of drug-likeness (QED) is 0.706. The van der Waals surface area contributed by atoms with Crippen molar-refractivity contribution < 1.29 is 28.9 Å². The molecule has 1 amide bonds. The number of rotatable bonds is 8. The minimum Gasteiger partial charge on any atom is -0.494 e. The Morgan fingerprint density at radius 3 is 2.62 bits per heavy atom. The fourth-order valence-corrected chi connectivity index (χ4v) is 2.49. The van der Waals surface area contributed by atoms with E-state index in [-0.39, 0.29) is 25.5 Å². The third-order valence-electron chi connectivity index (χ3n) is 3.74. The first-order valence-corrected chi connectivity index (χ1v) is 8.23. The van der Waals surface area contributed by atoms with Gasteiger partial charge in [0.05, 0.1) is 13.0 Å². The van der Waals surface area contributed by atoms with Crippen LogP contribution in [-0.2, 0) is 16.0 Å². The number of amides is 1. The fraction of sp³-hybridized carbons (Fsp3) is 0.263. The van der Waals surface area contributed by atoms with Crippen LogP contribution in [0.5, 0.6) is 17.2 Å². The number of hydrogen-bond donors (Lipinski definition) is 2. The van der Waals surface area contributed by atoms with E-state index < -0.39 is 5.97 Å². The molecule has 0 fully saturated rings. The topological polar surface area (TPSA) is 94.1 Å². The van der Waals surface area contributed by atoms with E-state index in [1.165, 1.54) is 0 Å². The zero-order valence-electron chi connectivity index (χ0n) is 14.1. The van der Waals surface area contributed by atoms with Crippen LogP contribution in [0.25, 0.3) is 0 Å². The van der Waals surface area contributed by atoms with Gasteiger partial charge in [0.25, 0.3) is 0 Å². The Morgan fingerprint density at radius 1 is 1.08 bits per heavy atom. The highest BCUT2D eigenvalue weighted by Crippen LogP contribution is 2.32. The molecule has 0 aliphatic carbocycles. The van der Waals surface area contributed by atoms with Gasteiger partial charge in [-0.15, -0.1) is 0 Å². The number of carboxylic acid groups (broad SMARTS) is 1. The Morgan fingerprint density at radius 2 is 1.85 bits per heavy atom. The van der Waals surface area contributed by atoms with E-state index in [0.29, 0.717) is 36.0 Å². The second kappa shape index (κ2) is 8.24. The molecule has 0 saturated carbocycles. The van der Waals surface area contributed by atoms with Gasteiger partial charge in [-0.2, -0.15) is 0 Å². The maximum Gasteiger partial charge on any atom is 0.303 e. The average molecular weight is 357 g/mol. The summed E-state index contributed by atoms with van der Waals surface area (Å²) in [6, 6.07) is 12.4. The number of carbonyl (C=O) groups is 2. The highest BCUT2D eigenvalue weighted by Gasteiger charge is 2.14. The van der Waals surface area contributed by atoms with Gasteiger partial charge < -0.3 is 24.6 Å². The van der Waals surface area contributed by atoms with Crippen molar-refractivity contribution in [1.29, 1.82) is 0 Å². The van der Waals surface area contributed by atoms with E-state index in [2.05, 4.69) is 5.32 Å². The normalized spacial score (nSPS) is 11.8. The van der Waals surface area contributed by atoms with Crippen LogP contribution in [0.2, 0.25) is 0 Å². The first-order chi connectivity index (χ1) is 12.6. The number of carbonyl (C=O) groups excluding carboxylic acids is 1. The second-order valence-corrected chi connectivity index (χ2v) is 5.78. The number of fused-ring (bicyclic) bond motifs is 1. The lowest BCUT2D eigenvalue weighted by molar-refractivity contribution is -0.137. The number of anilines is 1. The van der Waals surface area contributed by atoms with Crippen molar-refractivity contribution >= 4 is 17.6 Å². The molecule has 0 bridgehead atoms. The average Bonchev–Trinajstić information content (AvgIpc) is 3.07. The summed E-state index contributed by atoms with van der Waals surface area (Å²) in [6.45, 7) is 0.540. The van der Waals surface area contributed by atoms with Gasteiger partial charge in [-0.25, -0.2) is 0 Å². The molecule has 0 unspecified atom stereocenters. The maximum atomic E-state index is 12.2. The molecule has 7 heteroatoms. The Labute approximate surface area is 150 Å². The molecule has 2 aromatic rings. The largest absolute Gasteiger partial charge is 0.494 e. The Balaban J connectivity index is 1.47. The van der Waals surface area contributed by atoms with E-state index in [4.69, 9.17) is 19.3 Å².